The van der Waals surface area contributed by atoms with Gasteiger partial charge in [0, 0.05) is 4.88 Å². The molecule has 0 spiro atoms. The van der Waals surface area contributed by atoms with Gasteiger partial charge >= 0.3 is 0 Å². The third kappa shape index (κ3) is 1.25. The minimum Gasteiger partial charge on any atom is -0.205 e. The van der Waals surface area contributed by atoms with Crippen molar-refractivity contribution < 1.29 is 4.39 Å². The molecule has 2 rings (SSSR count). The SMILES string of the molecule is Cc1cc2cc(C)c(C)c(F)c2s1. The summed E-state index contributed by atoms with van der Waals surface area (Å²) in [4.78, 5) is 1.17. The molecule has 0 bridgehead atoms. The van der Waals surface area contributed by atoms with Crippen LogP contribution in [0.2, 0.25) is 0 Å². The number of aryl methyl sites for hydroxylation is 2. The first-order valence-electron chi connectivity index (χ1n) is 4.25. The summed E-state index contributed by atoms with van der Waals surface area (Å²) in [6.45, 7) is 5.79. The third-order valence-electron chi connectivity index (χ3n) is 2.38. The van der Waals surface area contributed by atoms with E-state index in [0.717, 1.165) is 21.2 Å². The second-order valence-electron chi connectivity index (χ2n) is 3.41. The van der Waals surface area contributed by atoms with E-state index in [0.29, 0.717) is 0 Å². The Kier molecular flexibility index (Phi) is 1.88. The molecule has 68 valence electrons. The number of thiophene rings is 1. The Hall–Kier alpha value is -0.890. The molecule has 1 heterocycles. The van der Waals surface area contributed by atoms with Crippen LogP contribution in [0, 0.1) is 26.6 Å². The highest BCUT2D eigenvalue weighted by molar-refractivity contribution is 7.19. The molecule has 0 aliphatic rings. The lowest BCUT2D eigenvalue weighted by atomic mass is 10.1. The zero-order valence-electron chi connectivity index (χ0n) is 7.94. The number of benzene rings is 1. The molecule has 0 saturated carbocycles. The minimum absolute atomic E-state index is 0.0481. The van der Waals surface area contributed by atoms with Gasteiger partial charge in [-0.05, 0) is 43.4 Å². The molecule has 0 N–H and O–H groups in total. The predicted octanol–water partition coefficient (Wildman–Crippen LogP) is 3.97. The molecule has 0 atom stereocenters. The maximum Gasteiger partial charge on any atom is 0.144 e. The van der Waals surface area contributed by atoms with E-state index in [1.165, 1.54) is 16.2 Å². The number of halogens is 1. The summed E-state index contributed by atoms with van der Waals surface area (Å²) < 4.78 is 14.5. The lowest BCUT2D eigenvalue weighted by molar-refractivity contribution is 0.631. The van der Waals surface area contributed by atoms with Crippen molar-refractivity contribution in [2.45, 2.75) is 20.8 Å². The van der Waals surface area contributed by atoms with Gasteiger partial charge in [-0.3, -0.25) is 0 Å². The smallest absolute Gasteiger partial charge is 0.144 e. The summed E-state index contributed by atoms with van der Waals surface area (Å²) in [6, 6.07) is 4.09. The first-order chi connectivity index (χ1) is 6.09. The van der Waals surface area contributed by atoms with Gasteiger partial charge in [-0.2, -0.15) is 0 Å². The van der Waals surface area contributed by atoms with Crippen LogP contribution in [0.15, 0.2) is 12.1 Å². The molecule has 0 aliphatic heterocycles. The lowest BCUT2D eigenvalue weighted by Gasteiger charge is -2.01. The maximum absolute atomic E-state index is 13.7. The molecule has 0 fully saturated rings. The standard InChI is InChI=1S/C11H11FS/c1-6-4-9-5-7(2)13-11(9)10(12)8(6)3/h4-5H,1-3H3. The Morgan fingerprint density at radius 3 is 2.54 bits per heavy atom. The van der Waals surface area contributed by atoms with Crippen LogP contribution in [-0.2, 0) is 0 Å². The van der Waals surface area contributed by atoms with Gasteiger partial charge in [-0.15, -0.1) is 11.3 Å². The highest BCUT2D eigenvalue weighted by atomic mass is 32.1. The molecule has 0 saturated heterocycles. The predicted molar refractivity (Wildman–Crippen MR) is 56.0 cm³/mol. The fourth-order valence-corrected chi connectivity index (χ4v) is 2.48. The van der Waals surface area contributed by atoms with Gasteiger partial charge in [0.1, 0.15) is 5.82 Å². The van der Waals surface area contributed by atoms with Crippen LogP contribution in [0.4, 0.5) is 4.39 Å². The largest absolute Gasteiger partial charge is 0.205 e. The molecule has 2 aromatic rings. The second kappa shape index (κ2) is 2.81. The Labute approximate surface area is 81.0 Å². The van der Waals surface area contributed by atoms with E-state index in [-0.39, 0.29) is 5.82 Å². The lowest BCUT2D eigenvalue weighted by Crippen LogP contribution is -1.86. The fraction of sp³-hybridized carbons (Fsp3) is 0.273. The van der Waals surface area contributed by atoms with Crippen molar-refractivity contribution in [1.29, 1.82) is 0 Å². The molecule has 0 radical (unpaired) electrons. The molecule has 0 nitrogen and oxygen atoms in total. The van der Waals surface area contributed by atoms with Crippen LogP contribution >= 0.6 is 11.3 Å². The van der Waals surface area contributed by atoms with Crippen LogP contribution in [0.25, 0.3) is 10.1 Å². The van der Waals surface area contributed by atoms with E-state index in [9.17, 15) is 4.39 Å². The van der Waals surface area contributed by atoms with Gasteiger partial charge in [-0.1, -0.05) is 6.07 Å². The van der Waals surface area contributed by atoms with Gasteiger partial charge in [0.15, 0.2) is 0 Å². The Bertz CT molecular complexity index is 468. The van der Waals surface area contributed by atoms with E-state index in [1.54, 1.807) is 0 Å². The zero-order chi connectivity index (χ0) is 9.59. The monoisotopic (exact) mass is 194 g/mol. The van der Waals surface area contributed by atoms with Gasteiger partial charge in [0.25, 0.3) is 0 Å². The van der Waals surface area contributed by atoms with Crippen molar-refractivity contribution in [3.05, 3.63) is 34.0 Å². The molecular weight excluding hydrogens is 183 g/mol. The minimum atomic E-state index is -0.0481. The molecule has 0 amide bonds. The summed E-state index contributed by atoms with van der Waals surface area (Å²) in [5.41, 5.74) is 1.80. The fourth-order valence-electron chi connectivity index (χ4n) is 1.50. The van der Waals surface area contributed by atoms with Crippen LogP contribution in [-0.4, -0.2) is 0 Å². The van der Waals surface area contributed by atoms with Crippen molar-refractivity contribution in [3.63, 3.8) is 0 Å². The highest BCUT2D eigenvalue weighted by Crippen LogP contribution is 2.30. The van der Waals surface area contributed by atoms with Gasteiger partial charge < -0.3 is 0 Å². The van der Waals surface area contributed by atoms with Gasteiger partial charge in [0.2, 0.25) is 0 Å². The van der Waals surface area contributed by atoms with E-state index >= 15 is 0 Å². The van der Waals surface area contributed by atoms with Crippen LogP contribution in [0.1, 0.15) is 16.0 Å². The van der Waals surface area contributed by atoms with Crippen LogP contribution < -0.4 is 0 Å². The van der Waals surface area contributed by atoms with E-state index < -0.39 is 0 Å². The average molecular weight is 194 g/mol. The summed E-state index contributed by atoms with van der Waals surface area (Å²) in [5, 5.41) is 1.03. The molecule has 1 aromatic heterocycles. The summed E-state index contributed by atoms with van der Waals surface area (Å²) in [5.74, 6) is -0.0481. The molecule has 2 heteroatoms. The molecule has 1 aromatic carbocycles. The molecule has 0 aliphatic carbocycles. The topological polar surface area (TPSA) is 0 Å². The Balaban J connectivity index is 2.92. The van der Waals surface area contributed by atoms with E-state index in [4.69, 9.17) is 0 Å². The summed E-state index contributed by atoms with van der Waals surface area (Å²) >= 11 is 1.53. The van der Waals surface area contributed by atoms with Crippen molar-refractivity contribution in [1.82, 2.24) is 0 Å². The summed E-state index contributed by atoms with van der Waals surface area (Å²) in [6.07, 6.45) is 0. The number of hydrogen-bond acceptors (Lipinski definition) is 1. The molecule has 0 unspecified atom stereocenters. The van der Waals surface area contributed by atoms with Crippen LogP contribution in [0.5, 0.6) is 0 Å². The zero-order valence-corrected chi connectivity index (χ0v) is 8.76. The Morgan fingerprint density at radius 1 is 1.15 bits per heavy atom. The third-order valence-corrected chi connectivity index (χ3v) is 3.43. The van der Waals surface area contributed by atoms with E-state index in [2.05, 4.69) is 6.07 Å². The second-order valence-corrected chi connectivity index (χ2v) is 4.66. The number of rotatable bonds is 0. The van der Waals surface area contributed by atoms with Crippen molar-refractivity contribution >= 4 is 21.4 Å². The molecule has 13 heavy (non-hydrogen) atoms. The van der Waals surface area contributed by atoms with Crippen molar-refractivity contribution in [2.24, 2.45) is 0 Å². The van der Waals surface area contributed by atoms with Crippen LogP contribution in [0.3, 0.4) is 0 Å². The molecular formula is C11H11FS. The first-order valence-corrected chi connectivity index (χ1v) is 5.07. The quantitative estimate of drug-likeness (QED) is 0.595. The maximum atomic E-state index is 13.7. The van der Waals surface area contributed by atoms with Crippen molar-refractivity contribution in [3.8, 4) is 0 Å². The van der Waals surface area contributed by atoms with Gasteiger partial charge in [-0.25, -0.2) is 4.39 Å². The Morgan fingerprint density at radius 2 is 1.85 bits per heavy atom. The normalized spacial score (nSPS) is 11.1. The van der Waals surface area contributed by atoms with Gasteiger partial charge in [0.05, 0.1) is 4.70 Å². The summed E-state index contributed by atoms with van der Waals surface area (Å²) in [7, 11) is 0. The average Bonchev–Trinajstić information content (AvgIpc) is 2.42. The number of hydrogen-bond donors (Lipinski definition) is 0. The highest BCUT2D eigenvalue weighted by Gasteiger charge is 2.09. The van der Waals surface area contributed by atoms with E-state index in [1.807, 2.05) is 26.8 Å². The van der Waals surface area contributed by atoms with Crippen molar-refractivity contribution in [2.75, 3.05) is 0 Å². The number of fused-ring (bicyclic) bond motifs is 1. The first kappa shape index (κ1) is 8.70.